The first kappa shape index (κ1) is 9.48. The van der Waals surface area contributed by atoms with Gasteiger partial charge in [0.2, 0.25) is 5.91 Å². The van der Waals surface area contributed by atoms with Crippen LogP contribution in [0.5, 0.6) is 0 Å². The van der Waals surface area contributed by atoms with Crippen LogP contribution in [-0.4, -0.2) is 34.4 Å². The van der Waals surface area contributed by atoms with Crippen LogP contribution in [-0.2, 0) is 4.79 Å². The van der Waals surface area contributed by atoms with Crippen LogP contribution in [0.15, 0.2) is 0 Å². The Hall–Kier alpha value is -0.610. The second-order valence-corrected chi connectivity index (χ2v) is 3.30. The molecule has 3 atom stereocenters. The Morgan fingerprint density at radius 1 is 1.42 bits per heavy atom. The number of nitrogens with one attached hydrogen (secondary N) is 1. The van der Waals surface area contributed by atoms with Crippen molar-refractivity contribution in [2.24, 2.45) is 0 Å². The summed E-state index contributed by atoms with van der Waals surface area (Å²) in [4.78, 5) is 10.7. The molecule has 1 rings (SSSR count). The summed E-state index contributed by atoms with van der Waals surface area (Å²) < 4.78 is 0. The molecule has 3 N–H and O–H groups in total. The smallest absolute Gasteiger partial charge is 0.217 e. The molecule has 1 saturated carbocycles. The van der Waals surface area contributed by atoms with Gasteiger partial charge >= 0.3 is 0 Å². The van der Waals surface area contributed by atoms with Crippen molar-refractivity contribution in [3.8, 4) is 0 Å². The van der Waals surface area contributed by atoms with E-state index in [1.54, 1.807) is 0 Å². The lowest BCUT2D eigenvalue weighted by Crippen LogP contribution is -2.50. The van der Waals surface area contributed by atoms with Gasteiger partial charge < -0.3 is 15.5 Å². The van der Waals surface area contributed by atoms with Crippen LogP contribution >= 0.6 is 0 Å². The summed E-state index contributed by atoms with van der Waals surface area (Å²) in [6.07, 6.45) is 0.733. The summed E-state index contributed by atoms with van der Waals surface area (Å²) in [5, 5.41) is 21.3. The van der Waals surface area contributed by atoms with Crippen molar-refractivity contribution in [2.45, 2.75) is 44.4 Å². The first-order chi connectivity index (χ1) is 5.61. The van der Waals surface area contributed by atoms with Crippen molar-refractivity contribution in [3.05, 3.63) is 0 Å². The highest BCUT2D eigenvalue weighted by Gasteiger charge is 2.30. The van der Waals surface area contributed by atoms with E-state index in [0.29, 0.717) is 6.42 Å². The second kappa shape index (κ2) is 3.87. The van der Waals surface area contributed by atoms with E-state index in [9.17, 15) is 15.0 Å². The molecule has 4 heteroatoms. The van der Waals surface area contributed by atoms with Crippen LogP contribution < -0.4 is 5.32 Å². The van der Waals surface area contributed by atoms with E-state index in [4.69, 9.17) is 0 Å². The number of hydrogen-bond acceptors (Lipinski definition) is 3. The lowest BCUT2D eigenvalue weighted by Gasteiger charge is -2.31. The van der Waals surface area contributed by atoms with Crippen molar-refractivity contribution in [3.63, 3.8) is 0 Å². The number of rotatable bonds is 1. The third kappa shape index (κ3) is 2.19. The van der Waals surface area contributed by atoms with Gasteiger partial charge in [-0.15, -0.1) is 0 Å². The summed E-state index contributed by atoms with van der Waals surface area (Å²) in [5.41, 5.74) is 0. The fourth-order valence-electron chi connectivity index (χ4n) is 1.58. The highest BCUT2D eigenvalue weighted by molar-refractivity contribution is 5.73. The van der Waals surface area contributed by atoms with E-state index >= 15 is 0 Å². The van der Waals surface area contributed by atoms with Gasteiger partial charge in [-0.05, 0) is 19.3 Å². The Morgan fingerprint density at radius 3 is 2.67 bits per heavy atom. The molecule has 0 unspecified atom stereocenters. The van der Waals surface area contributed by atoms with Crippen molar-refractivity contribution >= 4 is 5.91 Å². The van der Waals surface area contributed by atoms with Gasteiger partial charge in [-0.1, -0.05) is 0 Å². The Kier molecular flexibility index (Phi) is 3.05. The predicted molar refractivity (Wildman–Crippen MR) is 43.5 cm³/mol. The number of carbonyl (C=O) groups excluding carboxylic acids is 1. The van der Waals surface area contributed by atoms with Gasteiger partial charge in [0, 0.05) is 6.92 Å². The summed E-state index contributed by atoms with van der Waals surface area (Å²) >= 11 is 0. The lowest BCUT2D eigenvalue weighted by molar-refractivity contribution is -0.122. The Bertz CT molecular complexity index is 172. The molecule has 0 saturated heterocycles. The Morgan fingerprint density at radius 2 is 2.08 bits per heavy atom. The molecule has 1 aliphatic carbocycles. The molecule has 1 fully saturated rings. The van der Waals surface area contributed by atoms with Crippen LogP contribution in [0.2, 0.25) is 0 Å². The first-order valence-corrected chi connectivity index (χ1v) is 4.24. The molecule has 0 aromatic heterocycles. The van der Waals surface area contributed by atoms with Crippen LogP contribution in [0.1, 0.15) is 26.2 Å². The molecule has 0 radical (unpaired) electrons. The maximum Gasteiger partial charge on any atom is 0.217 e. The van der Waals surface area contributed by atoms with Crippen LogP contribution in [0, 0.1) is 0 Å². The van der Waals surface area contributed by atoms with E-state index in [1.165, 1.54) is 6.92 Å². The van der Waals surface area contributed by atoms with Gasteiger partial charge in [-0.25, -0.2) is 0 Å². The summed E-state index contributed by atoms with van der Waals surface area (Å²) in [6, 6.07) is -0.272. The lowest BCUT2D eigenvalue weighted by atomic mass is 9.90. The van der Waals surface area contributed by atoms with E-state index in [2.05, 4.69) is 5.32 Å². The SMILES string of the molecule is CC(=O)N[C@H]1CCC[C@@H](O)[C@H]1O. The average molecular weight is 173 g/mol. The third-order valence-corrected chi connectivity index (χ3v) is 2.21. The normalized spacial score (nSPS) is 36.1. The molecule has 0 bridgehead atoms. The Labute approximate surface area is 71.6 Å². The fraction of sp³-hybridized carbons (Fsp3) is 0.875. The quantitative estimate of drug-likeness (QED) is 0.496. The average Bonchev–Trinajstić information content (AvgIpc) is 1.98. The Balaban J connectivity index is 2.46. The van der Waals surface area contributed by atoms with E-state index in [1.807, 2.05) is 0 Å². The van der Waals surface area contributed by atoms with Crippen LogP contribution in [0.4, 0.5) is 0 Å². The number of carbonyl (C=O) groups is 1. The zero-order valence-corrected chi connectivity index (χ0v) is 7.16. The molecular weight excluding hydrogens is 158 g/mol. The zero-order chi connectivity index (χ0) is 9.14. The molecule has 1 aliphatic rings. The van der Waals surface area contributed by atoms with Gasteiger partial charge in [0.05, 0.1) is 18.2 Å². The molecular formula is C8H15NO3. The highest BCUT2D eigenvalue weighted by atomic mass is 16.3. The third-order valence-electron chi connectivity index (χ3n) is 2.21. The van der Waals surface area contributed by atoms with Crippen LogP contribution in [0.3, 0.4) is 0 Å². The molecule has 12 heavy (non-hydrogen) atoms. The maximum absolute atomic E-state index is 10.7. The van der Waals surface area contributed by atoms with Crippen molar-refractivity contribution in [1.82, 2.24) is 5.32 Å². The van der Waals surface area contributed by atoms with Crippen LogP contribution in [0.25, 0.3) is 0 Å². The van der Waals surface area contributed by atoms with Crippen molar-refractivity contribution in [1.29, 1.82) is 0 Å². The zero-order valence-electron chi connectivity index (χ0n) is 7.16. The van der Waals surface area contributed by atoms with E-state index < -0.39 is 12.2 Å². The second-order valence-electron chi connectivity index (χ2n) is 3.30. The molecule has 0 spiro atoms. The number of hydrogen-bond donors (Lipinski definition) is 3. The first-order valence-electron chi connectivity index (χ1n) is 4.24. The minimum Gasteiger partial charge on any atom is -0.390 e. The maximum atomic E-state index is 10.7. The molecule has 4 nitrogen and oxygen atoms in total. The number of aliphatic hydroxyl groups is 2. The molecule has 0 aliphatic heterocycles. The summed E-state index contributed by atoms with van der Waals surface area (Å²) in [5.74, 6) is -0.159. The minimum absolute atomic E-state index is 0.159. The molecule has 0 heterocycles. The van der Waals surface area contributed by atoms with E-state index in [0.717, 1.165) is 12.8 Å². The largest absolute Gasteiger partial charge is 0.390 e. The number of aliphatic hydroxyl groups excluding tert-OH is 2. The van der Waals surface area contributed by atoms with Gasteiger partial charge in [0.1, 0.15) is 0 Å². The minimum atomic E-state index is -0.803. The molecule has 0 aromatic carbocycles. The highest BCUT2D eigenvalue weighted by Crippen LogP contribution is 2.18. The van der Waals surface area contributed by atoms with Crippen molar-refractivity contribution < 1.29 is 15.0 Å². The molecule has 70 valence electrons. The van der Waals surface area contributed by atoms with Gasteiger partial charge in [0.15, 0.2) is 0 Å². The van der Waals surface area contributed by atoms with Gasteiger partial charge in [0.25, 0.3) is 0 Å². The fourth-order valence-corrected chi connectivity index (χ4v) is 1.58. The van der Waals surface area contributed by atoms with Gasteiger partial charge in [-0.2, -0.15) is 0 Å². The van der Waals surface area contributed by atoms with E-state index in [-0.39, 0.29) is 11.9 Å². The number of amides is 1. The molecule has 0 aromatic rings. The monoisotopic (exact) mass is 173 g/mol. The summed E-state index contributed by atoms with van der Waals surface area (Å²) in [6.45, 7) is 1.41. The molecule has 1 amide bonds. The summed E-state index contributed by atoms with van der Waals surface area (Å²) in [7, 11) is 0. The predicted octanol–water partition coefficient (Wildman–Crippen LogP) is -0.603. The van der Waals surface area contributed by atoms with Gasteiger partial charge in [-0.3, -0.25) is 4.79 Å². The van der Waals surface area contributed by atoms with Crippen molar-refractivity contribution in [2.75, 3.05) is 0 Å². The standard InChI is InChI=1S/C8H15NO3/c1-5(10)9-6-3-2-4-7(11)8(6)12/h6-8,11-12H,2-4H2,1H3,(H,9,10)/t6-,7+,8-/m0/s1. The topological polar surface area (TPSA) is 69.6 Å².